The van der Waals surface area contributed by atoms with Gasteiger partial charge in [0, 0.05) is 61.0 Å². The monoisotopic (exact) mass is 406 g/mol. The Labute approximate surface area is 178 Å². The Morgan fingerprint density at radius 3 is 2.69 bits per heavy atom. The molecule has 152 valence electrons. The smallest absolute Gasteiger partial charge is 0.130 e. The second kappa shape index (κ2) is 9.16. The third kappa shape index (κ3) is 5.10. The van der Waals surface area contributed by atoms with E-state index in [0.717, 1.165) is 42.6 Å². The standard InChI is InChI=1S/C24H30N4S/c1-4-23(29-5-2)19-6-7-20-16-25-24(15-21(20)14-19)26-18(3)17-27-10-12-28(13-11-27)22-8-9-22/h4-7,14-16,22H,2-3,8-13,17H2,1H3,(H,25,26)/b23-4-. The van der Waals surface area contributed by atoms with Gasteiger partial charge in [0.1, 0.15) is 5.82 Å². The van der Waals surface area contributed by atoms with Crippen LogP contribution in [0.15, 0.2) is 60.8 Å². The van der Waals surface area contributed by atoms with Gasteiger partial charge in [-0.25, -0.2) is 4.98 Å². The van der Waals surface area contributed by atoms with E-state index in [1.165, 1.54) is 41.8 Å². The lowest BCUT2D eigenvalue weighted by Crippen LogP contribution is -2.47. The zero-order chi connectivity index (χ0) is 20.2. The van der Waals surface area contributed by atoms with E-state index in [2.05, 4.69) is 70.5 Å². The summed E-state index contributed by atoms with van der Waals surface area (Å²) in [5, 5.41) is 7.60. The van der Waals surface area contributed by atoms with Crippen molar-refractivity contribution in [3.8, 4) is 0 Å². The molecule has 0 atom stereocenters. The molecule has 1 aromatic heterocycles. The van der Waals surface area contributed by atoms with Gasteiger partial charge in [0.15, 0.2) is 0 Å². The maximum Gasteiger partial charge on any atom is 0.130 e. The topological polar surface area (TPSA) is 31.4 Å². The van der Waals surface area contributed by atoms with Gasteiger partial charge in [-0.1, -0.05) is 43.1 Å². The number of rotatable bonds is 8. The minimum absolute atomic E-state index is 0.856. The number of pyridine rings is 1. The third-order valence-electron chi connectivity index (χ3n) is 5.67. The van der Waals surface area contributed by atoms with Gasteiger partial charge in [-0.3, -0.25) is 9.80 Å². The normalized spacial score (nSPS) is 18.7. The number of nitrogens with one attached hydrogen (secondary N) is 1. The summed E-state index contributed by atoms with van der Waals surface area (Å²) in [4.78, 5) is 10.9. The Balaban J connectivity index is 1.39. The molecule has 1 saturated carbocycles. The highest BCUT2D eigenvalue weighted by molar-refractivity contribution is 8.10. The van der Waals surface area contributed by atoms with E-state index in [1.807, 2.05) is 11.6 Å². The first-order valence-corrected chi connectivity index (χ1v) is 11.3. The van der Waals surface area contributed by atoms with Gasteiger partial charge in [0.05, 0.1) is 0 Å². The average molecular weight is 407 g/mol. The number of fused-ring (bicyclic) bond motifs is 1. The van der Waals surface area contributed by atoms with E-state index < -0.39 is 0 Å². The summed E-state index contributed by atoms with van der Waals surface area (Å²) < 4.78 is 0. The summed E-state index contributed by atoms with van der Waals surface area (Å²) in [5.74, 6) is 0.856. The minimum atomic E-state index is 0.856. The van der Waals surface area contributed by atoms with Gasteiger partial charge in [-0.15, -0.1) is 0 Å². The summed E-state index contributed by atoms with van der Waals surface area (Å²) in [6.45, 7) is 15.6. The molecule has 2 fully saturated rings. The Morgan fingerprint density at radius 1 is 1.21 bits per heavy atom. The van der Waals surface area contributed by atoms with E-state index in [-0.39, 0.29) is 0 Å². The van der Waals surface area contributed by atoms with Crippen molar-refractivity contribution in [1.29, 1.82) is 0 Å². The average Bonchev–Trinajstić information content (AvgIpc) is 3.57. The molecule has 0 bridgehead atoms. The molecule has 0 radical (unpaired) electrons. The zero-order valence-electron chi connectivity index (χ0n) is 17.2. The first-order chi connectivity index (χ1) is 14.2. The lowest BCUT2D eigenvalue weighted by Gasteiger charge is -2.35. The Morgan fingerprint density at radius 2 is 2.00 bits per heavy atom. The van der Waals surface area contributed by atoms with Gasteiger partial charge >= 0.3 is 0 Å². The molecule has 0 spiro atoms. The Hall–Kier alpha value is -2.08. The van der Waals surface area contributed by atoms with Crippen molar-refractivity contribution in [2.24, 2.45) is 0 Å². The number of hydrogen-bond acceptors (Lipinski definition) is 5. The van der Waals surface area contributed by atoms with Gasteiger partial charge in [-0.2, -0.15) is 0 Å². The highest BCUT2D eigenvalue weighted by Crippen LogP contribution is 2.31. The van der Waals surface area contributed by atoms with Crippen molar-refractivity contribution in [3.63, 3.8) is 0 Å². The summed E-state index contributed by atoms with van der Waals surface area (Å²) in [6, 6.07) is 9.47. The molecule has 1 saturated heterocycles. The third-order valence-corrected chi connectivity index (χ3v) is 6.56. The predicted molar refractivity (Wildman–Crippen MR) is 127 cm³/mol. The molecule has 2 aliphatic rings. The summed E-state index contributed by atoms with van der Waals surface area (Å²) in [5.41, 5.74) is 2.21. The molecular formula is C24H30N4S. The fraction of sp³-hybridized carbons (Fsp3) is 0.375. The number of nitrogens with zero attached hydrogens (tertiary/aromatic N) is 3. The molecule has 2 aromatic rings. The van der Waals surface area contributed by atoms with Crippen molar-refractivity contribution in [2.45, 2.75) is 25.8 Å². The van der Waals surface area contributed by atoms with E-state index in [4.69, 9.17) is 0 Å². The van der Waals surface area contributed by atoms with Crippen molar-refractivity contribution in [3.05, 3.63) is 66.4 Å². The van der Waals surface area contributed by atoms with Crippen LogP contribution in [0.25, 0.3) is 15.7 Å². The van der Waals surface area contributed by atoms with Crippen molar-refractivity contribution >= 4 is 33.3 Å². The van der Waals surface area contributed by atoms with Crippen LogP contribution in [-0.2, 0) is 0 Å². The molecule has 5 heteroatoms. The van der Waals surface area contributed by atoms with Gasteiger partial charge < -0.3 is 5.32 Å². The quantitative estimate of drug-likeness (QED) is 0.653. The molecule has 1 aliphatic heterocycles. The van der Waals surface area contributed by atoms with Crippen LogP contribution < -0.4 is 5.32 Å². The van der Waals surface area contributed by atoms with Gasteiger partial charge in [-0.05, 0) is 48.3 Å². The number of allylic oxidation sites excluding steroid dienone is 1. The van der Waals surface area contributed by atoms with Gasteiger partial charge in [0.2, 0.25) is 0 Å². The SMILES string of the molecule is C=CS/C(=C\C)c1ccc2cnc(NC(=C)CN3CCN(C4CC4)CC3)cc2c1. The number of thioether (sulfide) groups is 1. The van der Waals surface area contributed by atoms with Crippen molar-refractivity contribution in [2.75, 3.05) is 38.0 Å². The van der Waals surface area contributed by atoms with E-state index >= 15 is 0 Å². The molecule has 4 rings (SSSR count). The summed E-state index contributed by atoms with van der Waals surface area (Å²) >= 11 is 1.65. The number of hydrogen-bond donors (Lipinski definition) is 1. The van der Waals surface area contributed by atoms with Crippen LogP contribution in [0.1, 0.15) is 25.3 Å². The van der Waals surface area contributed by atoms with Crippen LogP contribution >= 0.6 is 11.8 Å². The van der Waals surface area contributed by atoms with Crippen molar-refractivity contribution in [1.82, 2.24) is 14.8 Å². The Bertz CT molecular complexity index is 924. The molecule has 1 aromatic carbocycles. The second-order valence-electron chi connectivity index (χ2n) is 7.84. The highest BCUT2D eigenvalue weighted by Gasteiger charge is 2.31. The maximum absolute atomic E-state index is 4.58. The number of anilines is 1. The second-order valence-corrected chi connectivity index (χ2v) is 8.85. The van der Waals surface area contributed by atoms with E-state index in [1.54, 1.807) is 11.8 Å². The van der Waals surface area contributed by atoms with Crippen LogP contribution in [0.2, 0.25) is 0 Å². The molecule has 2 heterocycles. The van der Waals surface area contributed by atoms with Crippen molar-refractivity contribution < 1.29 is 0 Å². The van der Waals surface area contributed by atoms with Crippen LogP contribution in [0.3, 0.4) is 0 Å². The molecule has 29 heavy (non-hydrogen) atoms. The van der Waals surface area contributed by atoms with Crippen LogP contribution in [-0.4, -0.2) is 53.5 Å². The van der Waals surface area contributed by atoms with Crippen LogP contribution in [0.4, 0.5) is 5.82 Å². The fourth-order valence-electron chi connectivity index (χ4n) is 3.97. The predicted octanol–water partition coefficient (Wildman–Crippen LogP) is 5.18. The molecule has 4 nitrogen and oxygen atoms in total. The lowest BCUT2D eigenvalue weighted by atomic mass is 10.1. The molecule has 1 N–H and O–H groups in total. The first kappa shape index (κ1) is 20.2. The zero-order valence-corrected chi connectivity index (χ0v) is 18.0. The highest BCUT2D eigenvalue weighted by atomic mass is 32.2. The number of piperazine rings is 1. The van der Waals surface area contributed by atoms with Crippen LogP contribution in [0.5, 0.6) is 0 Å². The molecular weight excluding hydrogens is 376 g/mol. The molecule has 1 aliphatic carbocycles. The Kier molecular flexibility index (Phi) is 6.38. The largest absolute Gasteiger partial charge is 0.343 e. The van der Waals surface area contributed by atoms with Gasteiger partial charge in [0.25, 0.3) is 0 Å². The maximum atomic E-state index is 4.58. The summed E-state index contributed by atoms with van der Waals surface area (Å²) in [6.07, 6.45) is 6.84. The first-order valence-electron chi connectivity index (χ1n) is 10.4. The minimum Gasteiger partial charge on any atom is -0.343 e. The fourth-order valence-corrected chi connectivity index (χ4v) is 4.55. The van der Waals surface area contributed by atoms with Crippen LogP contribution in [0, 0.1) is 0 Å². The molecule has 0 unspecified atom stereocenters. The molecule has 0 amide bonds. The van der Waals surface area contributed by atoms with E-state index in [9.17, 15) is 0 Å². The number of benzene rings is 1. The summed E-state index contributed by atoms with van der Waals surface area (Å²) in [7, 11) is 0. The number of aromatic nitrogens is 1. The van der Waals surface area contributed by atoms with E-state index in [0.29, 0.717) is 0 Å². The lowest BCUT2D eigenvalue weighted by molar-refractivity contribution is 0.134.